The van der Waals surface area contributed by atoms with Gasteiger partial charge in [-0.05, 0) is 52.9 Å². The number of nitrogens with one attached hydrogen (secondary N) is 4. The minimum Gasteiger partial charge on any atom is -0.389 e. The van der Waals surface area contributed by atoms with E-state index in [1.165, 1.54) is 25.7 Å². The Morgan fingerprint density at radius 1 is 1.07 bits per heavy atom. The Morgan fingerprint density at radius 3 is 2.29 bits per heavy atom. The molecule has 0 aromatic carbocycles. The van der Waals surface area contributed by atoms with Gasteiger partial charge < -0.3 is 46.3 Å². The first-order valence-electron chi connectivity index (χ1n) is 15.6. The lowest BCUT2D eigenvalue weighted by atomic mass is 9.83. The molecule has 252 valence electrons. The molecule has 1 heterocycles. The number of hydrogen-bond donors (Lipinski definition) is 7. The normalized spacial score (nSPS) is 26.5. The van der Waals surface area contributed by atoms with Crippen LogP contribution in [0.5, 0.6) is 0 Å². The van der Waals surface area contributed by atoms with Crippen molar-refractivity contribution in [3.05, 3.63) is 0 Å². The molecular weight excluding hydrogens is 590 g/mol. The number of fused-ring (bicyclic) bond motifs is 1. The molecule has 7 N–H and O–H groups in total. The standard InChI is InChI=1S/C30H47N5O10/c1-16(37)20(38)12-13-31-26(41)24(39)19(11-8-14-36)32-25(40)23-21-18(30(21,4)45)15-35(23)27(42)22(17-9-6-5-7-10-17)33-28(43)34-29(2,3)44/h14,16-19,21-23,37,44-45H,5-13,15H2,1-4H3,(H,31,41)(H,32,40)(H2,33,34,43)/t16?,18?,19?,21?,22-,23-,30?/m0/s1. The number of likely N-dealkylation sites (tertiary alicyclic amines) is 1. The third-order valence-corrected chi connectivity index (χ3v) is 9.02. The molecule has 2 saturated carbocycles. The summed E-state index contributed by atoms with van der Waals surface area (Å²) < 4.78 is 0. The van der Waals surface area contributed by atoms with E-state index in [2.05, 4.69) is 21.3 Å². The fourth-order valence-corrected chi connectivity index (χ4v) is 6.51. The molecule has 15 nitrogen and oxygen atoms in total. The highest BCUT2D eigenvalue weighted by atomic mass is 16.3. The summed E-state index contributed by atoms with van der Waals surface area (Å²) in [5, 5.41) is 40.1. The van der Waals surface area contributed by atoms with Gasteiger partial charge >= 0.3 is 6.03 Å². The van der Waals surface area contributed by atoms with Crippen LogP contribution in [0.25, 0.3) is 0 Å². The molecule has 0 radical (unpaired) electrons. The predicted molar refractivity (Wildman–Crippen MR) is 158 cm³/mol. The van der Waals surface area contributed by atoms with E-state index in [0.29, 0.717) is 19.1 Å². The summed E-state index contributed by atoms with van der Waals surface area (Å²) in [6, 6.07) is -4.43. The molecular formula is C30H47N5O10. The molecule has 5 amide bonds. The molecule has 3 fully saturated rings. The van der Waals surface area contributed by atoms with Crippen molar-refractivity contribution in [2.24, 2.45) is 17.8 Å². The van der Waals surface area contributed by atoms with Gasteiger partial charge in [-0.25, -0.2) is 4.79 Å². The molecule has 3 aliphatic rings. The van der Waals surface area contributed by atoms with Crippen LogP contribution < -0.4 is 21.3 Å². The summed E-state index contributed by atoms with van der Waals surface area (Å²) in [4.78, 5) is 90.3. The van der Waals surface area contributed by atoms with E-state index in [9.17, 15) is 48.9 Å². The zero-order chi connectivity index (χ0) is 33.7. The van der Waals surface area contributed by atoms with Crippen molar-refractivity contribution in [2.75, 3.05) is 13.1 Å². The molecule has 5 unspecified atom stereocenters. The number of ketones is 2. The minimum absolute atomic E-state index is 0.0251. The van der Waals surface area contributed by atoms with E-state index in [1.807, 2.05) is 0 Å². The van der Waals surface area contributed by atoms with Crippen LogP contribution in [0.15, 0.2) is 0 Å². The van der Waals surface area contributed by atoms with Gasteiger partial charge in [0.25, 0.3) is 5.91 Å². The number of urea groups is 1. The zero-order valence-corrected chi connectivity index (χ0v) is 26.3. The summed E-state index contributed by atoms with van der Waals surface area (Å²) in [6.45, 7) is 5.37. The molecule has 15 heteroatoms. The maximum absolute atomic E-state index is 14.1. The summed E-state index contributed by atoms with van der Waals surface area (Å²) in [5.41, 5.74) is -2.82. The number of carbonyl (C=O) groups excluding carboxylic acids is 7. The molecule has 0 bridgehead atoms. The van der Waals surface area contributed by atoms with Crippen LogP contribution in [0.1, 0.15) is 79.1 Å². The average molecular weight is 638 g/mol. The second kappa shape index (κ2) is 14.8. The van der Waals surface area contributed by atoms with E-state index in [0.717, 1.165) is 19.3 Å². The number of aldehydes is 1. The molecule has 3 rings (SSSR count). The van der Waals surface area contributed by atoms with Crippen molar-refractivity contribution in [1.29, 1.82) is 0 Å². The van der Waals surface area contributed by atoms with Gasteiger partial charge in [0.15, 0.2) is 5.78 Å². The van der Waals surface area contributed by atoms with Gasteiger partial charge in [0.1, 0.15) is 30.2 Å². The van der Waals surface area contributed by atoms with Gasteiger partial charge in [0.05, 0.1) is 11.6 Å². The van der Waals surface area contributed by atoms with Crippen molar-refractivity contribution in [3.63, 3.8) is 0 Å². The van der Waals surface area contributed by atoms with Gasteiger partial charge in [-0.15, -0.1) is 0 Å². The first-order valence-corrected chi connectivity index (χ1v) is 15.6. The topological polar surface area (TPSA) is 232 Å². The SMILES string of the molecule is CC(O)C(=O)CCNC(=O)C(=O)C(CCC=O)NC(=O)[C@@H]1C2C(CN1C(=O)[C@@H](NC(=O)NC(C)(C)O)C1CCCCC1)C2(C)O. The molecule has 1 aliphatic heterocycles. The Morgan fingerprint density at radius 2 is 1.71 bits per heavy atom. The highest BCUT2D eigenvalue weighted by Crippen LogP contribution is 2.58. The lowest BCUT2D eigenvalue weighted by Crippen LogP contribution is -2.61. The number of nitrogens with zero attached hydrogens (tertiary/aromatic N) is 1. The quantitative estimate of drug-likeness (QED) is 0.0634. The fourth-order valence-electron chi connectivity index (χ4n) is 6.51. The minimum atomic E-state index is -1.55. The number of hydrogen-bond acceptors (Lipinski definition) is 10. The number of amides is 5. The van der Waals surface area contributed by atoms with E-state index in [1.54, 1.807) is 6.92 Å². The summed E-state index contributed by atoms with van der Waals surface area (Å²) in [7, 11) is 0. The Kier molecular flexibility index (Phi) is 11.8. The van der Waals surface area contributed by atoms with E-state index in [4.69, 9.17) is 0 Å². The van der Waals surface area contributed by atoms with Crippen molar-refractivity contribution in [1.82, 2.24) is 26.2 Å². The lowest BCUT2D eigenvalue weighted by molar-refractivity contribution is -0.145. The van der Waals surface area contributed by atoms with Crippen LogP contribution in [0.2, 0.25) is 0 Å². The van der Waals surface area contributed by atoms with Crippen molar-refractivity contribution in [2.45, 2.75) is 115 Å². The third kappa shape index (κ3) is 9.07. The lowest BCUT2D eigenvalue weighted by Gasteiger charge is -2.37. The van der Waals surface area contributed by atoms with Gasteiger partial charge in [0.2, 0.25) is 17.6 Å². The number of piperidine rings is 1. The van der Waals surface area contributed by atoms with Crippen molar-refractivity contribution < 1.29 is 48.9 Å². The Balaban J connectivity index is 1.80. The molecule has 0 aromatic heterocycles. The maximum Gasteiger partial charge on any atom is 0.317 e. The van der Waals surface area contributed by atoms with Crippen LogP contribution in [0, 0.1) is 17.8 Å². The van der Waals surface area contributed by atoms with Gasteiger partial charge in [0, 0.05) is 37.8 Å². The smallest absolute Gasteiger partial charge is 0.317 e. The van der Waals surface area contributed by atoms with Crippen LogP contribution in [-0.4, -0.2) is 110 Å². The molecule has 0 aromatic rings. The molecule has 1 saturated heterocycles. The Hall–Kier alpha value is -3.43. The Bertz CT molecular complexity index is 1160. The van der Waals surface area contributed by atoms with Crippen LogP contribution in [0.3, 0.4) is 0 Å². The highest BCUT2D eigenvalue weighted by Gasteiger charge is 2.72. The van der Waals surface area contributed by atoms with Crippen molar-refractivity contribution in [3.8, 4) is 0 Å². The first kappa shape index (κ1) is 36.0. The van der Waals surface area contributed by atoms with Crippen LogP contribution in [-0.2, 0) is 28.8 Å². The molecule has 0 spiro atoms. The number of carbonyl (C=O) groups is 7. The second-order valence-electron chi connectivity index (χ2n) is 13.1. The second-order valence-corrected chi connectivity index (χ2v) is 13.1. The largest absolute Gasteiger partial charge is 0.389 e. The number of rotatable bonds is 15. The van der Waals surface area contributed by atoms with Gasteiger partial charge in [-0.1, -0.05) is 19.3 Å². The average Bonchev–Trinajstić information content (AvgIpc) is 3.28. The monoisotopic (exact) mass is 637 g/mol. The fraction of sp³-hybridized carbons (Fsp3) is 0.767. The Labute approximate surface area is 262 Å². The number of Topliss-reactive ketones (excluding diaryl/α,β-unsaturated/α-hetero) is 2. The summed E-state index contributed by atoms with van der Waals surface area (Å²) >= 11 is 0. The predicted octanol–water partition coefficient (Wildman–Crippen LogP) is -1.34. The highest BCUT2D eigenvalue weighted by molar-refractivity contribution is 6.38. The molecule has 45 heavy (non-hydrogen) atoms. The van der Waals surface area contributed by atoms with E-state index < -0.39 is 82.7 Å². The van der Waals surface area contributed by atoms with Crippen LogP contribution >= 0.6 is 0 Å². The molecule has 2 aliphatic carbocycles. The van der Waals surface area contributed by atoms with E-state index >= 15 is 0 Å². The maximum atomic E-state index is 14.1. The van der Waals surface area contributed by atoms with Crippen molar-refractivity contribution >= 4 is 41.6 Å². The van der Waals surface area contributed by atoms with Gasteiger partial charge in [-0.3, -0.25) is 24.0 Å². The van der Waals surface area contributed by atoms with Gasteiger partial charge in [-0.2, -0.15) is 0 Å². The third-order valence-electron chi connectivity index (χ3n) is 9.02. The number of aliphatic hydroxyl groups excluding tert-OH is 1. The van der Waals surface area contributed by atoms with E-state index in [-0.39, 0.29) is 38.3 Å². The zero-order valence-electron chi connectivity index (χ0n) is 26.3. The molecule has 7 atom stereocenters. The van der Waals surface area contributed by atoms with Crippen LogP contribution in [0.4, 0.5) is 4.79 Å². The summed E-state index contributed by atoms with van der Waals surface area (Å²) in [5.74, 6) is -5.36. The summed E-state index contributed by atoms with van der Waals surface area (Å²) in [6.07, 6.45) is 2.71. The number of aliphatic hydroxyl groups is 3. The first-order chi connectivity index (χ1) is 21.0.